The van der Waals surface area contributed by atoms with Crippen molar-refractivity contribution in [2.75, 3.05) is 30.5 Å². The van der Waals surface area contributed by atoms with Crippen LogP contribution in [0.25, 0.3) is 5.76 Å². The predicted molar refractivity (Wildman–Crippen MR) is 140 cm³/mol. The topological polar surface area (TPSA) is 70.1 Å². The van der Waals surface area contributed by atoms with Crippen molar-refractivity contribution in [2.45, 2.75) is 19.1 Å². The van der Waals surface area contributed by atoms with Gasteiger partial charge in [0, 0.05) is 31.0 Å². The molecule has 1 N–H and O–H groups in total. The number of aliphatic hydroxyl groups excluding tert-OH is 1. The molecule has 1 aliphatic heterocycles. The summed E-state index contributed by atoms with van der Waals surface area (Å²) < 4.78 is 45.9. The summed E-state index contributed by atoms with van der Waals surface area (Å²) in [5.74, 6) is -2.33. The SMILES string of the molecule is CCOc1ccc(Cl)c(/C(O)=C2\C(=O)C(=O)N(c3cccc(C(F)(F)F)c3)C2c2ccc(N(C)C)cc2)c1. The zero-order chi connectivity index (χ0) is 27.8. The molecule has 1 heterocycles. The van der Waals surface area contributed by atoms with Crippen LogP contribution in [0.15, 0.2) is 72.3 Å². The zero-order valence-corrected chi connectivity index (χ0v) is 21.5. The van der Waals surface area contributed by atoms with E-state index in [1.54, 1.807) is 37.3 Å². The average molecular weight is 545 g/mol. The van der Waals surface area contributed by atoms with Gasteiger partial charge in [0.25, 0.3) is 11.7 Å². The molecule has 1 saturated heterocycles. The molecule has 0 saturated carbocycles. The maximum Gasteiger partial charge on any atom is 0.416 e. The van der Waals surface area contributed by atoms with Gasteiger partial charge in [-0.25, -0.2) is 0 Å². The fourth-order valence-electron chi connectivity index (χ4n) is 4.29. The largest absolute Gasteiger partial charge is 0.507 e. The van der Waals surface area contributed by atoms with Crippen LogP contribution in [-0.4, -0.2) is 37.5 Å². The number of halogens is 4. The first-order chi connectivity index (χ1) is 17.9. The summed E-state index contributed by atoms with van der Waals surface area (Å²) in [4.78, 5) is 29.5. The molecule has 3 aromatic rings. The Hall–Kier alpha value is -3.98. The van der Waals surface area contributed by atoms with Crippen LogP contribution < -0.4 is 14.5 Å². The van der Waals surface area contributed by atoms with Crippen LogP contribution in [0.1, 0.15) is 29.7 Å². The number of alkyl halides is 3. The van der Waals surface area contributed by atoms with Crippen molar-refractivity contribution in [3.05, 3.63) is 94.0 Å². The van der Waals surface area contributed by atoms with E-state index in [1.807, 2.05) is 19.0 Å². The van der Waals surface area contributed by atoms with Gasteiger partial charge in [-0.1, -0.05) is 29.8 Å². The molecule has 1 fully saturated rings. The Balaban J connectivity index is 1.96. The summed E-state index contributed by atoms with van der Waals surface area (Å²) in [6.07, 6.45) is -4.67. The minimum atomic E-state index is -4.67. The Kier molecular flexibility index (Phi) is 7.42. The smallest absolute Gasteiger partial charge is 0.416 e. The molecule has 1 aliphatic rings. The lowest BCUT2D eigenvalue weighted by Gasteiger charge is -2.26. The summed E-state index contributed by atoms with van der Waals surface area (Å²) in [5, 5.41) is 11.5. The molecule has 10 heteroatoms. The highest BCUT2D eigenvalue weighted by Gasteiger charge is 2.47. The van der Waals surface area contributed by atoms with E-state index in [0.717, 1.165) is 28.8 Å². The summed E-state index contributed by atoms with van der Waals surface area (Å²) >= 11 is 6.34. The van der Waals surface area contributed by atoms with E-state index in [4.69, 9.17) is 16.3 Å². The van der Waals surface area contributed by atoms with Crippen LogP contribution in [0.3, 0.4) is 0 Å². The maximum atomic E-state index is 13.5. The van der Waals surface area contributed by atoms with Gasteiger partial charge < -0.3 is 14.7 Å². The molecule has 38 heavy (non-hydrogen) atoms. The monoisotopic (exact) mass is 544 g/mol. The first-order valence-corrected chi connectivity index (χ1v) is 12.0. The molecule has 6 nitrogen and oxygen atoms in total. The van der Waals surface area contributed by atoms with Crippen LogP contribution >= 0.6 is 11.6 Å². The number of rotatable bonds is 6. The number of Topliss-reactive ketones (excluding diaryl/α,β-unsaturated/α-hetero) is 1. The van der Waals surface area contributed by atoms with Gasteiger partial charge >= 0.3 is 6.18 Å². The Labute approximate surface area is 222 Å². The van der Waals surface area contributed by atoms with Gasteiger partial charge in [0.05, 0.1) is 28.8 Å². The van der Waals surface area contributed by atoms with E-state index >= 15 is 0 Å². The van der Waals surface area contributed by atoms with E-state index in [0.29, 0.717) is 17.9 Å². The number of amides is 1. The van der Waals surface area contributed by atoms with Crippen LogP contribution in [0, 0.1) is 0 Å². The number of hydrogen-bond donors (Lipinski definition) is 1. The van der Waals surface area contributed by atoms with Gasteiger partial charge in [0.1, 0.15) is 11.5 Å². The van der Waals surface area contributed by atoms with Crippen molar-refractivity contribution >= 4 is 40.4 Å². The Bertz CT molecular complexity index is 1420. The van der Waals surface area contributed by atoms with Crippen molar-refractivity contribution in [1.82, 2.24) is 0 Å². The number of hydrogen-bond acceptors (Lipinski definition) is 5. The maximum absolute atomic E-state index is 13.5. The Morgan fingerprint density at radius 1 is 1.05 bits per heavy atom. The third kappa shape index (κ3) is 5.06. The molecule has 0 spiro atoms. The summed E-state index contributed by atoms with van der Waals surface area (Å²) in [6, 6.07) is 14.2. The minimum Gasteiger partial charge on any atom is -0.507 e. The second-order valence-corrected chi connectivity index (χ2v) is 9.19. The van der Waals surface area contributed by atoms with Gasteiger partial charge in [0.15, 0.2) is 0 Å². The van der Waals surface area contributed by atoms with E-state index in [9.17, 15) is 27.9 Å². The number of ketones is 1. The van der Waals surface area contributed by atoms with Crippen LogP contribution in [0.4, 0.5) is 24.5 Å². The Morgan fingerprint density at radius 2 is 1.74 bits per heavy atom. The first kappa shape index (κ1) is 27.1. The number of ether oxygens (including phenoxy) is 1. The van der Waals surface area contributed by atoms with Crippen molar-refractivity contribution in [3.8, 4) is 5.75 Å². The van der Waals surface area contributed by atoms with Gasteiger partial charge in [-0.05, 0) is 61.0 Å². The number of aliphatic hydroxyl groups is 1. The molecule has 198 valence electrons. The first-order valence-electron chi connectivity index (χ1n) is 11.6. The van der Waals surface area contributed by atoms with Crippen molar-refractivity contribution in [3.63, 3.8) is 0 Å². The fraction of sp³-hybridized carbons (Fsp3) is 0.214. The molecule has 0 bridgehead atoms. The number of carbonyl (C=O) groups excluding carboxylic acids is 2. The zero-order valence-electron chi connectivity index (χ0n) is 20.7. The molecule has 1 atom stereocenters. The predicted octanol–water partition coefficient (Wildman–Crippen LogP) is 6.45. The molecule has 3 aromatic carbocycles. The van der Waals surface area contributed by atoms with E-state index in [1.165, 1.54) is 18.2 Å². The highest BCUT2D eigenvalue weighted by atomic mass is 35.5. The van der Waals surface area contributed by atoms with Crippen LogP contribution in [0.2, 0.25) is 5.02 Å². The minimum absolute atomic E-state index is 0.0505. The quantitative estimate of drug-likeness (QED) is 0.219. The van der Waals surface area contributed by atoms with Crippen LogP contribution in [0.5, 0.6) is 5.75 Å². The molecule has 4 rings (SSSR count). The molecule has 0 aliphatic carbocycles. The standard InChI is InChI=1S/C28H24ClF3N2O4/c1-4-38-20-12-13-22(29)21(15-20)25(35)23-24(16-8-10-18(11-9-16)33(2)3)34(27(37)26(23)36)19-7-5-6-17(14-19)28(30,31)32/h5-15,24,35H,4H2,1-3H3/b25-23+. The van der Waals surface area contributed by atoms with E-state index in [-0.39, 0.29) is 21.8 Å². The van der Waals surface area contributed by atoms with Gasteiger partial charge in [0.2, 0.25) is 0 Å². The lowest BCUT2D eigenvalue weighted by atomic mass is 9.94. The highest BCUT2D eigenvalue weighted by molar-refractivity contribution is 6.52. The molecule has 0 radical (unpaired) electrons. The molecule has 1 amide bonds. The second kappa shape index (κ2) is 10.4. The third-order valence-corrected chi connectivity index (χ3v) is 6.45. The lowest BCUT2D eigenvalue weighted by Crippen LogP contribution is -2.29. The van der Waals surface area contributed by atoms with Crippen LogP contribution in [-0.2, 0) is 15.8 Å². The van der Waals surface area contributed by atoms with Crippen molar-refractivity contribution < 1.29 is 32.6 Å². The van der Waals surface area contributed by atoms with Gasteiger partial charge in [-0.3, -0.25) is 14.5 Å². The average Bonchev–Trinajstić information content (AvgIpc) is 3.14. The number of benzene rings is 3. The van der Waals surface area contributed by atoms with Crippen molar-refractivity contribution in [2.24, 2.45) is 0 Å². The third-order valence-electron chi connectivity index (χ3n) is 6.13. The molecular weight excluding hydrogens is 521 g/mol. The second-order valence-electron chi connectivity index (χ2n) is 8.78. The summed E-state index contributed by atoms with van der Waals surface area (Å²) in [5.41, 5.74) is -0.152. The molecule has 1 unspecified atom stereocenters. The normalized spacial score (nSPS) is 17.1. The Morgan fingerprint density at radius 3 is 2.34 bits per heavy atom. The lowest BCUT2D eigenvalue weighted by molar-refractivity contribution is -0.137. The summed E-state index contributed by atoms with van der Waals surface area (Å²) in [6.45, 7) is 2.10. The van der Waals surface area contributed by atoms with Gasteiger partial charge in [-0.15, -0.1) is 0 Å². The highest BCUT2D eigenvalue weighted by Crippen LogP contribution is 2.44. The van der Waals surface area contributed by atoms with Gasteiger partial charge in [-0.2, -0.15) is 13.2 Å². The number of nitrogens with zero attached hydrogens (tertiary/aromatic N) is 2. The fourth-order valence-corrected chi connectivity index (χ4v) is 4.50. The molecule has 0 aromatic heterocycles. The number of carbonyl (C=O) groups is 2. The molecular formula is C28H24ClF3N2O4. The van der Waals surface area contributed by atoms with E-state index in [2.05, 4.69) is 0 Å². The van der Waals surface area contributed by atoms with E-state index < -0.39 is 35.2 Å². The summed E-state index contributed by atoms with van der Waals surface area (Å²) in [7, 11) is 3.66. The number of anilines is 2. The van der Waals surface area contributed by atoms with Crippen molar-refractivity contribution in [1.29, 1.82) is 0 Å².